The zero-order valence-electron chi connectivity index (χ0n) is 14.1. The minimum Gasteiger partial charge on any atom is -0.497 e. The van der Waals surface area contributed by atoms with E-state index in [1.165, 1.54) is 7.11 Å². The molecule has 7 nitrogen and oxygen atoms in total. The van der Waals surface area contributed by atoms with Crippen molar-refractivity contribution in [2.45, 2.75) is 31.3 Å². The lowest BCUT2D eigenvalue weighted by atomic mass is 10.0. The number of carbonyl (C=O) groups is 2. The summed E-state index contributed by atoms with van der Waals surface area (Å²) >= 11 is 0. The first-order valence-electron chi connectivity index (χ1n) is 8.04. The lowest BCUT2D eigenvalue weighted by Crippen LogP contribution is -2.46. The van der Waals surface area contributed by atoms with Crippen LogP contribution in [0.25, 0.3) is 10.9 Å². The number of benzene rings is 1. The molecule has 2 aromatic rings. The molecule has 1 atom stereocenters. The van der Waals surface area contributed by atoms with Gasteiger partial charge in [-0.2, -0.15) is 0 Å². The van der Waals surface area contributed by atoms with Crippen molar-refractivity contribution in [1.82, 2.24) is 10.3 Å². The average molecular weight is 344 g/mol. The van der Waals surface area contributed by atoms with Crippen LogP contribution in [0.3, 0.4) is 0 Å². The van der Waals surface area contributed by atoms with Crippen LogP contribution in [0.4, 0.5) is 0 Å². The Morgan fingerprint density at radius 1 is 1.36 bits per heavy atom. The van der Waals surface area contributed by atoms with Crippen LogP contribution in [0, 0.1) is 0 Å². The van der Waals surface area contributed by atoms with Gasteiger partial charge in [-0.3, -0.25) is 9.78 Å². The Bertz CT molecular complexity index is 843. The molecule has 3 rings (SSSR count). The van der Waals surface area contributed by atoms with E-state index in [0.717, 1.165) is 25.5 Å². The van der Waals surface area contributed by atoms with Gasteiger partial charge >= 0.3 is 5.97 Å². The van der Waals surface area contributed by atoms with Crippen LogP contribution in [0.15, 0.2) is 24.3 Å². The summed E-state index contributed by atoms with van der Waals surface area (Å²) in [5.74, 6) is -0.892. The number of amides is 1. The molecule has 1 aromatic carbocycles. The van der Waals surface area contributed by atoms with Gasteiger partial charge in [0, 0.05) is 17.0 Å². The van der Waals surface area contributed by atoms with Crippen LogP contribution in [0.2, 0.25) is 0 Å². The molecule has 0 spiro atoms. The molecule has 132 valence electrons. The van der Waals surface area contributed by atoms with Crippen molar-refractivity contribution in [3.05, 3.63) is 35.5 Å². The van der Waals surface area contributed by atoms with Gasteiger partial charge in [0.15, 0.2) is 5.60 Å². The number of carboxylic acids is 1. The third kappa shape index (κ3) is 3.56. The highest BCUT2D eigenvalue weighted by atomic mass is 16.5. The number of carbonyl (C=O) groups excluding carboxylic acids is 1. The van der Waals surface area contributed by atoms with Crippen molar-refractivity contribution < 1.29 is 24.5 Å². The van der Waals surface area contributed by atoms with Gasteiger partial charge in [0.1, 0.15) is 5.75 Å². The molecule has 0 aliphatic heterocycles. The number of hydrogen-bond acceptors (Lipinski definition) is 5. The lowest BCUT2D eigenvalue weighted by Gasteiger charge is -2.19. The number of aliphatic hydroxyl groups is 1. The number of aliphatic carboxylic acids is 1. The number of hydrogen-bond donors (Lipinski definition) is 3. The molecule has 1 heterocycles. The second-order valence-electron chi connectivity index (χ2n) is 6.51. The van der Waals surface area contributed by atoms with Gasteiger partial charge < -0.3 is 20.3 Å². The fraction of sp³-hybridized carbons (Fsp3) is 0.389. The van der Waals surface area contributed by atoms with E-state index in [1.54, 1.807) is 24.3 Å². The van der Waals surface area contributed by atoms with Crippen LogP contribution >= 0.6 is 0 Å². The molecule has 25 heavy (non-hydrogen) atoms. The maximum atomic E-state index is 12.6. The number of aromatic nitrogens is 1. The molecule has 7 heteroatoms. The van der Waals surface area contributed by atoms with Crippen LogP contribution in [0.5, 0.6) is 5.75 Å². The molecule has 3 N–H and O–H groups in total. The van der Waals surface area contributed by atoms with Crippen molar-refractivity contribution in [3.63, 3.8) is 0 Å². The molecule has 1 unspecified atom stereocenters. The van der Waals surface area contributed by atoms with E-state index in [0.29, 0.717) is 28.1 Å². The zero-order valence-corrected chi connectivity index (χ0v) is 14.1. The van der Waals surface area contributed by atoms with E-state index in [4.69, 9.17) is 9.84 Å². The summed E-state index contributed by atoms with van der Waals surface area (Å²) in [6, 6.07) is 7.04. The van der Waals surface area contributed by atoms with Gasteiger partial charge in [-0.15, -0.1) is 0 Å². The van der Waals surface area contributed by atoms with Crippen molar-refractivity contribution in [1.29, 1.82) is 0 Å². The fourth-order valence-corrected chi connectivity index (χ4v) is 2.55. The van der Waals surface area contributed by atoms with Gasteiger partial charge in [0.2, 0.25) is 0 Å². The van der Waals surface area contributed by atoms with E-state index in [2.05, 4.69) is 10.3 Å². The maximum Gasteiger partial charge on any atom is 0.337 e. The Balaban J connectivity index is 1.97. The summed E-state index contributed by atoms with van der Waals surface area (Å²) in [6.45, 7) is 0.743. The van der Waals surface area contributed by atoms with Crippen LogP contribution in [-0.2, 0) is 4.79 Å². The van der Waals surface area contributed by atoms with Crippen molar-refractivity contribution in [3.8, 4) is 5.75 Å². The van der Waals surface area contributed by atoms with Crippen molar-refractivity contribution in [2.75, 3.05) is 13.7 Å². The molecule has 0 saturated heterocycles. The molecule has 1 saturated carbocycles. The van der Waals surface area contributed by atoms with E-state index < -0.39 is 24.0 Å². The molecule has 1 aliphatic carbocycles. The summed E-state index contributed by atoms with van der Waals surface area (Å²) in [6.07, 6.45) is 2.09. The Hall–Kier alpha value is -2.67. The van der Waals surface area contributed by atoms with Crippen LogP contribution in [-0.4, -0.2) is 46.3 Å². The normalized spacial score (nSPS) is 16.3. The zero-order chi connectivity index (χ0) is 18.2. The number of fused-ring (bicyclic) bond motifs is 1. The highest BCUT2D eigenvalue weighted by Gasteiger charge is 2.31. The number of nitrogens with one attached hydrogen (secondary N) is 1. The van der Waals surface area contributed by atoms with E-state index in [9.17, 15) is 14.7 Å². The van der Waals surface area contributed by atoms with Crippen LogP contribution < -0.4 is 10.1 Å². The Kier molecular flexibility index (Phi) is 4.34. The minimum absolute atomic E-state index is 0.361. The molecule has 0 radical (unpaired) electrons. The second kappa shape index (κ2) is 6.33. The second-order valence-corrected chi connectivity index (χ2v) is 6.51. The number of pyridine rings is 1. The summed E-state index contributed by atoms with van der Waals surface area (Å²) in [7, 11) is 1.54. The smallest absolute Gasteiger partial charge is 0.337 e. The van der Waals surface area contributed by atoms with Crippen molar-refractivity contribution in [2.24, 2.45) is 0 Å². The summed E-state index contributed by atoms with van der Waals surface area (Å²) < 4.78 is 5.22. The van der Waals surface area contributed by atoms with Gasteiger partial charge in [-0.25, -0.2) is 4.79 Å². The fourth-order valence-electron chi connectivity index (χ4n) is 2.55. The number of methoxy groups -OCH3 is 1. The Morgan fingerprint density at radius 2 is 2.08 bits per heavy atom. The summed E-state index contributed by atoms with van der Waals surface area (Å²) in [4.78, 5) is 28.2. The molecular formula is C18H20N2O5. The first-order valence-corrected chi connectivity index (χ1v) is 8.04. The number of rotatable bonds is 6. The van der Waals surface area contributed by atoms with Gasteiger partial charge in [0.05, 0.1) is 24.7 Å². The SMILES string of the molecule is COc1ccc2nc(C3CC3)cc(C(=O)NCC(C)(O)C(=O)O)c2c1. The number of ether oxygens (including phenoxy) is 1. The molecular weight excluding hydrogens is 324 g/mol. The average Bonchev–Trinajstić information content (AvgIpc) is 3.43. The molecule has 1 aliphatic rings. The molecule has 1 fully saturated rings. The summed E-state index contributed by atoms with van der Waals surface area (Å²) in [5, 5.41) is 21.9. The van der Waals surface area contributed by atoms with Gasteiger partial charge in [-0.05, 0) is 44.0 Å². The monoisotopic (exact) mass is 344 g/mol. The van der Waals surface area contributed by atoms with Crippen LogP contribution in [0.1, 0.15) is 41.7 Å². The third-order valence-electron chi connectivity index (χ3n) is 4.33. The third-order valence-corrected chi connectivity index (χ3v) is 4.33. The predicted octanol–water partition coefficient (Wildman–Crippen LogP) is 1.69. The molecule has 1 amide bonds. The van der Waals surface area contributed by atoms with Crippen molar-refractivity contribution >= 4 is 22.8 Å². The highest BCUT2D eigenvalue weighted by Crippen LogP contribution is 2.40. The van der Waals surface area contributed by atoms with Gasteiger partial charge in [-0.1, -0.05) is 0 Å². The molecule has 0 bridgehead atoms. The number of nitrogens with zero attached hydrogens (tertiary/aromatic N) is 1. The van der Waals surface area contributed by atoms with E-state index in [1.807, 2.05) is 0 Å². The standard InChI is InChI=1S/C18H20N2O5/c1-18(24,17(22)23)9-19-16(21)13-8-15(10-3-4-10)20-14-6-5-11(25-2)7-12(13)14/h5-8,10,24H,3-4,9H2,1-2H3,(H,19,21)(H,22,23). The summed E-state index contributed by atoms with van der Waals surface area (Å²) in [5.41, 5.74) is -0.102. The van der Waals surface area contributed by atoms with E-state index in [-0.39, 0.29) is 0 Å². The largest absolute Gasteiger partial charge is 0.497 e. The van der Waals surface area contributed by atoms with Gasteiger partial charge in [0.25, 0.3) is 5.91 Å². The number of carboxylic acid groups (broad SMARTS) is 1. The first-order chi connectivity index (χ1) is 11.8. The lowest BCUT2D eigenvalue weighted by molar-refractivity contribution is -0.155. The topological polar surface area (TPSA) is 109 Å². The van der Waals surface area contributed by atoms with E-state index >= 15 is 0 Å². The Morgan fingerprint density at radius 3 is 2.68 bits per heavy atom. The highest BCUT2D eigenvalue weighted by molar-refractivity contribution is 6.06. The molecule has 1 aromatic heterocycles. The Labute approximate surface area is 144 Å². The predicted molar refractivity (Wildman–Crippen MR) is 90.9 cm³/mol. The minimum atomic E-state index is -2.03. The maximum absolute atomic E-state index is 12.6. The first kappa shape index (κ1) is 17.2. The quantitative estimate of drug-likeness (QED) is 0.736.